The van der Waals surface area contributed by atoms with Crippen LogP contribution in [-0.2, 0) is 0 Å². The van der Waals surface area contributed by atoms with E-state index < -0.39 is 7.26 Å². The van der Waals surface area contributed by atoms with E-state index in [4.69, 9.17) is 16.7 Å². The minimum atomic E-state index is -0.803. The second-order valence-corrected chi connectivity index (χ2v) is 8.82. The zero-order chi connectivity index (χ0) is 9.61. The molecular formula is C9H21ClOP+. The van der Waals surface area contributed by atoms with E-state index in [1.165, 1.54) is 18.5 Å². The minimum Gasteiger partial charge on any atom is -0.395 e. The second-order valence-electron chi connectivity index (χ2n) is 3.25. The normalized spacial score (nSPS) is 14.8. The van der Waals surface area contributed by atoms with E-state index in [0.29, 0.717) is 0 Å². The van der Waals surface area contributed by atoms with E-state index in [1.54, 1.807) is 0 Å². The summed E-state index contributed by atoms with van der Waals surface area (Å²) in [6.45, 7) is 6.88. The van der Waals surface area contributed by atoms with Crippen LogP contribution < -0.4 is 0 Å². The molecule has 0 aromatic heterocycles. The molecule has 0 bridgehead atoms. The quantitative estimate of drug-likeness (QED) is 0.529. The Morgan fingerprint density at radius 3 is 1.83 bits per heavy atom. The van der Waals surface area contributed by atoms with Gasteiger partial charge in [0.15, 0.2) is 0 Å². The van der Waals surface area contributed by atoms with E-state index in [1.807, 2.05) is 0 Å². The third kappa shape index (κ3) is 3.60. The third-order valence-electron chi connectivity index (χ3n) is 2.80. The molecule has 1 unspecified atom stereocenters. The Balaban J connectivity index is 4.09. The van der Waals surface area contributed by atoms with E-state index in [-0.39, 0.29) is 12.0 Å². The van der Waals surface area contributed by atoms with Gasteiger partial charge in [0.1, 0.15) is 0 Å². The molecule has 0 heterocycles. The van der Waals surface area contributed by atoms with Crippen LogP contribution in [0.5, 0.6) is 0 Å². The highest BCUT2D eigenvalue weighted by atomic mass is 35.5. The molecule has 74 valence electrons. The lowest BCUT2D eigenvalue weighted by Gasteiger charge is -2.25. The molecule has 0 radical (unpaired) electrons. The first-order valence-corrected chi connectivity index (χ1v) is 7.70. The Labute approximate surface area is 81.8 Å². The van der Waals surface area contributed by atoms with Gasteiger partial charge in [-0.05, 0) is 20.8 Å². The molecule has 3 heteroatoms. The van der Waals surface area contributed by atoms with Crippen LogP contribution in [0, 0.1) is 0 Å². The van der Waals surface area contributed by atoms with Crippen molar-refractivity contribution in [3.05, 3.63) is 0 Å². The molecule has 12 heavy (non-hydrogen) atoms. The van der Waals surface area contributed by atoms with Gasteiger partial charge in [-0.15, -0.1) is 11.6 Å². The standard InChI is InChI=1S/C9H21ClOP/c1-4-12(5-2,6-3)8-9(10)7-11/h9,11H,4-8H2,1-3H3/q+1. The van der Waals surface area contributed by atoms with Gasteiger partial charge in [0, 0.05) is 7.26 Å². The van der Waals surface area contributed by atoms with Gasteiger partial charge in [-0.25, -0.2) is 0 Å². The van der Waals surface area contributed by atoms with Crippen molar-refractivity contribution in [2.24, 2.45) is 0 Å². The number of alkyl halides is 1. The Morgan fingerprint density at radius 1 is 1.17 bits per heavy atom. The molecule has 0 aromatic carbocycles. The molecule has 0 aliphatic rings. The number of halogens is 1. The molecule has 0 saturated carbocycles. The van der Waals surface area contributed by atoms with Crippen LogP contribution in [0.25, 0.3) is 0 Å². The third-order valence-corrected chi connectivity index (χ3v) is 8.54. The van der Waals surface area contributed by atoms with Gasteiger partial charge >= 0.3 is 0 Å². The summed E-state index contributed by atoms with van der Waals surface area (Å²) in [5.74, 6) is 0. The molecule has 0 rings (SSSR count). The van der Waals surface area contributed by atoms with E-state index >= 15 is 0 Å². The number of hydrogen-bond acceptors (Lipinski definition) is 1. The summed E-state index contributed by atoms with van der Waals surface area (Å²) in [5, 5.41) is 8.85. The van der Waals surface area contributed by atoms with E-state index in [2.05, 4.69) is 20.8 Å². The van der Waals surface area contributed by atoms with Gasteiger partial charge in [0.25, 0.3) is 0 Å². The van der Waals surface area contributed by atoms with Crippen LogP contribution in [0.2, 0.25) is 0 Å². The monoisotopic (exact) mass is 211 g/mol. The average Bonchev–Trinajstić information content (AvgIpc) is 2.14. The van der Waals surface area contributed by atoms with Crippen LogP contribution in [0.1, 0.15) is 20.8 Å². The Morgan fingerprint density at radius 2 is 1.58 bits per heavy atom. The Hall–Kier alpha value is 0.680. The van der Waals surface area contributed by atoms with Crippen LogP contribution in [0.3, 0.4) is 0 Å². The van der Waals surface area contributed by atoms with Gasteiger partial charge in [-0.3, -0.25) is 0 Å². The lowest BCUT2D eigenvalue weighted by atomic mass is 10.5. The van der Waals surface area contributed by atoms with Gasteiger partial charge in [0.05, 0.1) is 36.6 Å². The molecule has 0 aliphatic carbocycles. The van der Waals surface area contributed by atoms with Crippen molar-refractivity contribution in [2.75, 3.05) is 31.3 Å². The zero-order valence-electron chi connectivity index (χ0n) is 8.39. The number of rotatable bonds is 6. The summed E-state index contributed by atoms with van der Waals surface area (Å²) in [7, 11) is -0.803. The molecule has 0 amide bonds. The zero-order valence-corrected chi connectivity index (χ0v) is 10.0. The molecule has 1 atom stereocenters. The Bertz CT molecular complexity index is 107. The SMILES string of the molecule is CC[P+](CC)(CC)CC(Cl)CO. The number of hydrogen-bond donors (Lipinski definition) is 1. The second kappa shape index (κ2) is 6.18. The Kier molecular flexibility index (Phi) is 6.53. The minimum absolute atomic E-state index is 0.0156. The summed E-state index contributed by atoms with van der Waals surface area (Å²) in [4.78, 5) is 0. The topological polar surface area (TPSA) is 20.2 Å². The maximum atomic E-state index is 8.87. The van der Waals surface area contributed by atoms with Crippen molar-refractivity contribution in [3.63, 3.8) is 0 Å². The van der Waals surface area contributed by atoms with Crippen molar-refractivity contribution < 1.29 is 5.11 Å². The predicted octanol–water partition coefficient (Wildman–Crippen LogP) is 2.66. The largest absolute Gasteiger partial charge is 0.395 e. The van der Waals surface area contributed by atoms with Crippen molar-refractivity contribution >= 4 is 18.9 Å². The van der Waals surface area contributed by atoms with E-state index in [9.17, 15) is 0 Å². The first kappa shape index (κ1) is 12.7. The van der Waals surface area contributed by atoms with Crippen LogP contribution >= 0.6 is 18.9 Å². The summed E-state index contributed by atoms with van der Waals surface area (Å²) >= 11 is 5.96. The molecule has 0 saturated heterocycles. The highest BCUT2D eigenvalue weighted by Gasteiger charge is 2.33. The summed E-state index contributed by atoms with van der Waals surface area (Å²) in [6, 6.07) is 0. The van der Waals surface area contributed by atoms with Crippen LogP contribution in [0.4, 0.5) is 0 Å². The average molecular weight is 212 g/mol. The first-order valence-electron chi connectivity index (χ1n) is 4.74. The fourth-order valence-corrected chi connectivity index (χ4v) is 5.49. The van der Waals surface area contributed by atoms with Gasteiger partial charge < -0.3 is 5.11 Å². The molecule has 1 nitrogen and oxygen atoms in total. The summed E-state index contributed by atoms with van der Waals surface area (Å²) in [5.41, 5.74) is 0. The number of aliphatic hydroxyl groups excluding tert-OH is 1. The van der Waals surface area contributed by atoms with E-state index in [0.717, 1.165) is 6.16 Å². The van der Waals surface area contributed by atoms with Gasteiger partial charge in [0.2, 0.25) is 0 Å². The molecule has 0 aromatic rings. The number of aliphatic hydroxyl groups is 1. The summed E-state index contributed by atoms with van der Waals surface area (Å²) < 4.78 is 0. The summed E-state index contributed by atoms with van der Waals surface area (Å²) in [6.07, 6.45) is 4.85. The van der Waals surface area contributed by atoms with Crippen LogP contribution in [0.15, 0.2) is 0 Å². The molecule has 0 aliphatic heterocycles. The predicted molar refractivity (Wildman–Crippen MR) is 60.1 cm³/mol. The van der Waals surface area contributed by atoms with Crippen LogP contribution in [-0.4, -0.2) is 41.7 Å². The lowest BCUT2D eigenvalue weighted by Crippen LogP contribution is -2.18. The van der Waals surface area contributed by atoms with Gasteiger partial charge in [-0.1, -0.05) is 0 Å². The van der Waals surface area contributed by atoms with Crippen molar-refractivity contribution in [3.8, 4) is 0 Å². The van der Waals surface area contributed by atoms with Crippen molar-refractivity contribution in [1.82, 2.24) is 0 Å². The highest BCUT2D eigenvalue weighted by molar-refractivity contribution is 7.75. The lowest BCUT2D eigenvalue weighted by molar-refractivity contribution is 0.298. The smallest absolute Gasteiger partial charge is 0.0901 e. The maximum absolute atomic E-state index is 8.87. The van der Waals surface area contributed by atoms with Crippen molar-refractivity contribution in [2.45, 2.75) is 26.1 Å². The first-order chi connectivity index (χ1) is 5.64. The van der Waals surface area contributed by atoms with Gasteiger partial charge in [-0.2, -0.15) is 0 Å². The highest BCUT2D eigenvalue weighted by Crippen LogP contribution is 2.58. The fraction of sp³-hybridized carbons (Fsp3) is 1.00. The fourth-order valence-electron chi connectivity index (χ4n) is 1.54. The molecule has 1 N–H and O–H groups in total. The molecule has 0 spiro atoms. The maximum Gasteiger partial charge on any atom is 0.0901 e. The molecular weight excluding hydrogens is 191 g/mol. The molecule has 0 fully saturated rings. The van der Waals surface area contributed by atoms with Crippen molar-refractivity contribution in [1.29, 1.82) is 0 Å².